The molecule has 0 bridgehead atoms. The Kier molecular flexibility index (Phi) is 6.75. The maximum absolute atomic E-state index is 11.3. The van der Waals surface area contributed by atoms with Crippen LogP contribution in [0.5, 0.6) is 0 Å². The lowest BCUT2D eigenvalue weighted by molar-refractivity contribution is -0.138. The first kappa shape index (κ1) is 14.9. The standard InChI is InChI=1S/C9H16N2O4S/c1-6(12)10-5-7(11(2)3)16-9(15)4-8(13)14/h7H,4-5H2,1-3H3,(H,10,12)(H,13,14). The van der Waals surface area contributed by atoms with E-state index in [0.29, 0.717) is 6.54 Å². The van der Waals surface area contributed by atoms with Gasteiger partial charge in [-0.3, -0.25) is 19.3 Å². The zero-order valence-electron chi connectivity index (χ0n) is 9.52. The van der Waals surface area contributed by atoms with E-state index in [1.807, 2.05) is 0 Å². The average Bonchev–Trinajstić information content (AvgIpc) is 2.09. The highest BCUT2D eigenvalue weighted by molar-refractivity contribution is 8.14. The van der Waals surface area contributed by atoms with Crippen LogP contribution in [0.15, 0.2) is 0 Å². The van der Waals surface area contributed by atoms with Gasteiger partial charge in [-0.1, -0.05) is 11.8 Å². The van der Waals surface area contributed by atoms with Gasteiger partial charge in [0.25, 0.3) is 0 Å². The number of carboxylic acids is 1. The lowest BCUT2D eigenvalue weighted by Gasteiger charge is -2.22. The predicted molar refractivity (Wildman–Crippen MR) is 61.0 cm³/mol. The highest BCUT2D eigenvalue weighted by atomic mass is 32.2. The largest absolute Gasteiger partial charge is 0.481 e. The number of hydrogen-bond donors (Lipinski definition) is 2. The van der Waals surface area contributed by atoms with Gasteiger partial charge < -0.3 is 10.4 Å². The van der Waals surface area contributed by atoms with Gasteiger partial charge in [0, 0.05) is 13.5 Å². The number of aliphatic carboxylic acids is 1. The molecule has 0 aromatic heterocycles. The Morgan fingerprint density at radius 2 is 1.94 bits per heavy atom. The Morgan fingerprint density at radius 1 is 1.38 bits per heavy atom. The van der Waals surface area contributed by atoms with Crippen LogP contribution in [0.25, 0.3) is 0 Å². The van der Waals surface area contributed by atoms with Crippen LogP contribution in [0.3, 0.4) is 0 Å². The summed E-state index contributed by atoms with van der Waals surface area (Å²) < 4.78 is 0. The molecule has 0 aliphatic rings. The van der Waals surface area contributed by atoms with Crippen molar-refractivity contribution in [3.05, 3.63) is 0 Å². The van der Waals surface area contributed by atoms with E-state index in [-0.39, 0.29) is 11.3 Å². The summed E-state index contributed by atoms with van der Waals surface area (Å²) >= 11 is 0.915. The molecule has 1 amide bonds. The third kappa shape index (κ3) is 7.24. The van der Waals surface area contributed by atoms with Gasteiger partial charge in [-0.2, -0.15) is 0 Å². The third-order valence-electron chi connectivity index (χ3n) is 1.66. The summed E-state index contributed by atoms with van der Waals surface area (Å²) in [6.45, 7) is 1.69. The number of thioether (sulfide) groups is 1. The fourth-order valence-electron chi connectivity index (χ4n) is 0.878. The van der Waals surface area contributed by atoms with E-state index in [1.54, 1.807) is 19.0 Å². The molecule has 0 heterocycles. The van der Waals surface area contributed by atoms with E-state index in [4.69, 9.17) is 5.11 Å². The fraction of sp³-hybridized carbons (Fsp3) is 0.667. The summed E-state index contributed by atoms with van der Waals surface area (Å²) in [4.78, 5) is 34.0. The van der Waals surface area contributed by atoms with Crippen LogP contribution in [-0.4, -0.2) is 53.0 Å². The molecule has 0 rings (SSSR count). The minimum atomic E-state index is -1.14. The molecule has 0 radical (unpaired) electrons. The van der Waals surface area contributed by atoms with E-state index in [2.05, 4.69) is 5.32 Å². The lowest BCUT2D eigenvalue weighted by Crippen LogP contribution is -2.38. The maximum atomic E-state index is 11.3. The molecule has 2 N–H and O–H groups in total. The van der Waals surface area contributed by atoms with E-state index in [0.717, 1.165) is 11.8 Å². The minimum absolute atomic E-state index is 0.182. The quantitative estimate of drug-likeness (QED) is 0.497. The topological polar surface area (TPSA) is 86.7 Å². The van der Waals surface area contributed by atoms with Gasteiger partial charge in [0.15, 0.2) is 0 Å². The number of likely N-dealkylation sites (N-methyl/N-ethyl adjacent to an activating group) is 1. The molecule has 16 heavy (non-hydrogen) atoms. The van der Waals surface area contributed by atoms with Crippen LogP contribution in [-0.2, 0) is 14.4 Å². The van der Waals surface area contributed by atoms with Crippen molar-refractivity contribution in [2.24, 2.45) is 0 Å². The Labute approximate surface area is 98.4 Å². The fourth-order valence-corrected chi connectivity index (χ4v) is 1.77. The summed E-state index contributed by atoms with van der Waals surface area (Å²) in [5.74, 6) is -1.33. The normalized spacial score (nSPS) is 12.2. The van der Waals surface area contributed by atoms with Gasteiger partial charge >= 0.3 is 5.97 Å². The van der Waals surface area contributed by atoms with Crippen molar-refractivity contribution >= 4 is 28.8 Å². The van der Waals surface area contributed by atoms with E-state index < -0.39 is 17.5 Å². The number of nitrogens with zero attached hydrogens (tertiary/aromatic N) is 1. The average molecular weight is 248 g/mol. The lowest BCUT2D eigenvalue weighted by atomic mass is 10.5. The summed E-state index contributed by atoms with van der Waals surface area (Å²) in [7, 11) is 3.51. The van der Waals surface area contributed by atoms with Crippen molar-refractivity contribution < 1.29 is 19.5 Å². The Bertz CT molecular complexity index is 281. The molecule has 0 aromatic rings. The zero-order chi connectivity index (χ0) is 12.7. The van der Waals surface area contributed by atoms with Crippen molar-refractivity contribution in [1.29, 1.82) is 0 Å². The van der Waals surface area contributed by atoms with Crippen molar-refractivity contribution in [3.8, 4) is 0 Å². The summed E-state index contributed by atoms with van der Waals surface area (Å²) in [6.07, 6.45) is -0.505. The number of hydrogen-bond acceptors (Lipinski definition) is 5. The Morgan fingerprint density at radius 3 is 2.31 bits per heavy atom. The summed E-state index contributed by atoms with van der Waals surface area (Å²) in [6, 6.07) is 0. The molecule has 1 atom stereocenters. The van der Waals surface area contributed by atoms with Gasteiger partial charge in [0.1, 0.15) is 6.42 Å². The van der Waals surface area contributed by atoms with Gasteiger partial charge in [0.05, 0.1) is 5.37 Å². The summed E-state index contributed by atoms with van der Waals surface area (Å²) in [5, 5.41) is 10.3. The number of carbonyl (C=O) groups is 3. The van der Waals surface area contributed by atoms with Crippen LogP contribution in [0.1, 0.15) is 13.3 Å². The van der Waals surface area contributed by atoms with Crippen molar-refractivity contribution in [2.75, 3.05) is 20.6 Å². The molecule has 7 heteroatoms. The molecule has 0 aromatic carbocycles. The monoisotopic (exact) mass is 248 g/mol. The highest BCUT2D eigenvalue weighted by Crippen LogP contribution is 2.15. The van der Waals surface area contributed by atoms with Crippen LogP contribution in [0, 0.1) is 0 Å². The summed E-state index contributed by atoms with van der Waals surface area (Å²) in [5.41, 5.74) is 0. The molecule has 1 unspecified atom stereocenters. The van der Waals surface area contributed by atoms with Gasteiger partial charge in [-0.05, 0) is 14.1 Å². The highest BCUT2D eigenvalue weighted by Gasteiger charge is 2.18. The minimum Gasteiger partial charge on any atom is -0.481 e. The number of rotatable bonds is 6. The van der Waals surface area contributed by atoms with Crippen molar-refractivity contribution in [3.63, 3.8) is 0 Å². The molecule has 92 valence electrons. The molecule has 0 aliphatic carbocycles. The predicted octanol–water partition coefficient (Wildman–Crippen LogP) is -0.255. The number of carbonyl (C=O) groups excluding carboxylic acids is 2. The van der Waals surface area contributed by atoms with Gasteiger partial charge in [-0.25, -0.2) is 0 Å². The second-order valence-corrected chi connectivity index (χ2v) is 4.65. The second-order valence-electron chi connectivity index (χ2n) is 3.42. The third-order valence-corrected chi connectivity index (χ3v) is 2.93. The smallest absolute Gasteiger partial charge is 0.311 e. The van der Waals surface area contributed by atoms with E-state index >= 15 is 0 Å². The second kappa shape index (κ2) is 7.24. The Hall–Kier alpha value is -1.08. The first-order valence-corrected chi connectivity index (χ1v) is 5.53. The SMILES string of the molecule is CC(=O)NCC(SC(=O)CC(=O)O)N(C)C. The van der Waals surface area contributed by atoms with Crippen LogP contribution < -0.4 is 5.32 Å². The first-order chi connectivity index (χ1) is 7.32. The van der Waals surface area contributed by atoms with Crippen LogP contribution in [0.4, 0.5) is 0 Å². The number of carboxylic acid groups (broad SMARTS) is 1. The molecule has 6 nitrogen and oxygen atoms in total. The van der Waals surface area contributed by atoms with Crippen LogP contribution >= 0.6 is 11.8 Å². The molecule has 0 aliphatic heterocycles. The number of amides is 1. The van der Waals surface area contributed by atoms with E-state index in [1.165, 1.54) is 6.92 Å². The molecular formula is C9H16N2O4S. The molecule has 0 spiro atoms. The van der Waals surface area contributed by atoms with Gasteiger partial charge in [0.2, 0.25) is 11.0 Å². The van der Waals surface area contributed by atoms with Crippen molar-refractivity contribution in [1.82, 2.24) is 10.2 Å². The molecule has 0 fully saturated rings. The number of nitrogens with one attached hydrogen (secondary N) is 1. The Balaban J connectivity index is 4.17. The maximum Gasteiger partial charge on any atom is 0.311 e. The molecule has 0 saturated carbocycles. The first-order valence-electron chi connectivity index (χ1n) is 4.65. The molecule has 0 saturated heterocycles. The zero-order valence-corrected chi connectivity index (χ0v) is 10.3. The van der Waals surface area contributed by atoms with Gasteiger partial charge in [-0.15, -0.1) is 0 Å². The van der Waals surface area contributed by atoms with E-state index in [9.17, 15) is 14.4 Å². The van der Waals surface area contributed by atoms with Crippen LogP contribution in [0.2, 0.25) is 0 Å². The molecular weight excluding hydrogens is 232 g/mol. The van der Waals surface area contributed by atoms with Crippen molar-refractivity contribution in [2.45, 2.75) is 18.7 Å².